The maximum absolute atomic E-state index is 11.1. The molecular formula is C12H9N5O2. The van der Waals surface area contributed by atoms with E-state index in [4.69, 9.17) is 4.74 Å². The third-order valence-electron chi connectivity index (χ3n) is 2.57. The number of esters is 1. The number of aromatic nitrogens is 4. The molecule has 1 N–H and O–H groups in total. The van der Waals surface area contributed by atoms with Crippen molar-refractivity contribution in [2.24, 2.45) is 4.99 Å². The summed E-state index contributed by atoms with van der Waals surface area (Å²) in [7, 11) is 0. The van der Waals surface area contributed by atoms with Crippen molar-refractivity contribution >= 4 is 11.7 Å². The van der Waals surface area contributed by atoms with Crippen LogP contribution in [0, 0.1) is 0 Å². The Morgan fingerprint density at radius 3 is 2.89 bits per heavy atom. The third kappa shape index (κ3) is 2.25. The standard InChI is InChI=1S/C11H7NO2.CH2N4/c13-10-6-5-9-11(14-10)7-3-1-2-4-8(7)12-9;1-2-4-5-3-1/h1-5H,6H2;1H,(H,2,3,4,5). The lowest BCUT2D eigenvalue weighted by atomic mass is 10.2. The maximum Gasteiger partial charge on any atom is 0.315 e. The number of carbonyl (C=O) groups is 1. The van der Waals surface area contributed by atoms with Crippen LogP contribution in [-0.4, -0.2) is 26.6 Å². The number of carbonyl (C=O) groups excluding carboxylic acids is 1. The molecular weight excluding hydrogens is 246 g/mol. The first-order valence-electron chi connectivity index (χ1n) is 5.60. The monoisotopic (exact) mass is 255 g/mol. The molecule has 4 rings (SSSR count). The van der Waals surface area contributed by atoms with Crippen molar-refractivity contribution in [3.05, 3.63) is 52.9 Å². The van der Waals surface area contributed by atoms with E-state index in [0.29, 0.717) is 12.2 Å². The van der Waals surface area contributed by atoms with Crippen LogP contribution in [0.2, 0.25) is 0 Å². The highest BCUT2D eigenvalue weighted by atomic mass is 16.5. The van der Waals surface area contributed by atoms with Crippen molar-refractivity contribution in [3.63, 3.8) is 0 Å². The number of H-pyrrole nitrogens is 1. The van der Waals surface area contributed by atoms with Crippen LogP contribution < -0.4 is 10.6 Å². The first kappa shape index (κ1) is 11.3. The van der Waals surface area contributed by atoms with Gasteiger partial charge >= 0.3 is 5.97 Å². The minimum Gasteiger partial charge on any atom is -0.423 e. The number of nitrogens with one attached hydrogen (secondary N) is 1. The minimum atomic E-state index is -0.212. The van der Waals surface area contributed by atoms with Crippen molar-refractivity contribution in [1.82, 2.24) is 20.6 Å². The lowest BCUT2D eigenvalue weighted by molar-refractivity contribution is -0.136. The van der Waals surface area contributed by atoms with E-state index >= 15 is 0 Å². The summed E-state index contributed by atoms with van der Waals surface area (Å²) < 4.78 is 5.15. The number of hydrogen-bond acceptors (Lipinski definition) is 6. The molecule has 2 aliphatic heterocycles. The van der Waals surface area contributed by atoms with Crippen molar-refractivity contribution in [2.75, 3.05) is 0 Å². The smallest absolute Gasteiger partial charge is 0.315 e. The molecule has 0 amide bonds. The Labute approximate surface area is 107 Å². The molecule has 0 radical (unpaired) electrons. The molecule has 7 nitrogen and oxygen atoms in total. The van der Waals surface area contributed by atoms with E-state index < -0.39 is 0 Å². The summed E-state index contributed by atoms with van der Waals surface area (Å²) in [6.45, 7) is 0. The molecule has 94 valence electrons. The van der Waals surface area contributed by atoms with Gasteiger partial charge < -0.3 is 4.74 Å². The number of ether oxygens (including phenoxy) is 1. The van der Waals surface area contributed by atoms with Crippen molar-refractivity contribution < 1.29 is 9.53 Å². The van der Waals surface area contributed by atoms with Gasteiger partial charge in [0.15, 0.2) is 12.1 Å². The number of benzene rings is 1. The molecule has 0 fully saturated rings. The molecule has 0 saturated carbocycles. The second-order valence-corrected chi connectivity index (χ2v) is 3.79. The van der Waals surface area contributed by atoms with Crippen LogP contribution in [0.25, 0.3) is 5.76 Å². The van der Waals surface area contributed by atoms with Crippen LogP contribution in [0.15, 0.2) is 47.4 Å². The highest BCUT2D eigenvalue weighted by molar-refractivity contribution is 5.83. The van der Waals surface area contributed by atoms with Gasteiger partial charge in [0.25, 0.3) is 0 Å². The Hall–Kier alpha value is -2.83. The summed E-state index contributed by atoms with van der Waals surface area (Å²) in [5, 5.41) is 14.0. The average molecular weight is 255 g/mol. The number of aromatic amines is 1. The number of nitrogens with zero attached hydrogens (tertiary/aromatic N) is 4. The average Bonchev–Trinajstić information content (AvgIpc) is 3.09. The van der Waals surface area contributed by atoms with Gasteiger partial charge in [-0.1, -0.05) is 17.3 Å². The van der Waals surface area contributed by atoms with Gasteiger partial charge in [-0.15, -0.1) is 10.2 Å². The number of rotatable bonds is 0. The van der Waals surface area contributed by atoms with Gasteiger partial charge in [0.1, 0.15) is 5.70 Å². The second-order valence-electron chi connectivity index (χ2n) is 3.79. The number of tetrazole rings is 1. The van der Waals surface area contributed by atoms with Crippen LogP contribution in [-0.2, 0) is 9.53 Å². The summed E-state index contributed by atoms with van der Waals surface area (Å²) >= 11 is 0. The normalized spacial score (nSPS) is 15.3. The molecule has 0 spiro atoms. The van der Waals surface area contributed by atoms with Crippen LogP contribution in [0.4, 0.5) is 0 Å². The third-order valence-corrected chi connectivity index (χ3v) is 2.57. The Morgan fingerprint density at radius 2 is 2.16 bits per heavy atom. The first-order chi connectivity index (χ1) is 9.34. The zero-order chi connectivity index (χ0) is 13.1. The molecule has 1 aromatic heterocycles. The quantitative estimate of drug-likeness (QED) is 0.638. The SMILES string of the molecule is O=C1CC=C2N=c3ccccc3=C2O1.c1nn[nH]n1. The van der Waals surface area contributed by atoms with E-state index in [1.165, 1.54) is 6.33 Å². The van der Waals surface area contributed by atoms with Gasteiger partial charge in [-0.3, -0.25) is 4.79 Å². The maximum atomic E-state index is 11.1. The van der Waals surface area contributed by atoms with Gasteiger partial charge in [-0.2, -0.15) is 5.21 Å². The number of hydrogen-bond donors (Lipinski definition) is 1. The van der Waals surface area contributed by atoms with E-state index in [0.717, 1.165) is 16.3 Å². The van der Waals surface area contributed by atoms with Crippen LogP contribution in [0.1, 0.15) is 6.42 Å². The zero-order valence-electron chi connectivity index (χ0n) is 9.78. The molecule has 7 heteroatoms. The molecule has 0 atom stereocenters. The lowest BCUT2D eigenvalue weighted by Crippen LogP contribution is -2.23. The zero-order valence-corrected chi connectivity index (χ0v) is 9.78. The largest absolute Gasteiger partial charge is 0.423 e. The van der Waals surface area contributed by atoms with Gasteiger partial charge in [0.2, 0.25) is 0 Å². The summed E-state index contributed by atoms with van der Waals surface area (Å²) in [6.07, 6.45) is 3.46. The van der Waals surface area contributed by atoms with Crippen molar-refractivity contribution in [2.45, 2.75) is 6.42 Å². The van der Waals surface area contributed by atoms with E-state index in [-0.39, 0.29) is 5.97 Å². The van der Waals surface area contributed by atoms with Gasteiger partial charge in [0.05, 0.1) is 11.8 Å². The summed E-state index contributed by atoms with van der Waals surface area (Å²) in [4.78, 5) is 15.4. The molecule has 19 heavy (non-hydrogen) atoms. The van der Waals surface area contributed by atoms with Crippen LogP contribution in [0.3, 0.4) is 0 Å². The fraction of sp³-hybridized carbons (Fsp3) is 0.0833. The van der Waals surface area contributed by atoms with E-state index in [1.807, 2.05) is 24.3 Å². The van der Waals surface area contributed by atoms with Crippen LogP contribution in [0.5, 0.6) is 0 Å². The Bertz CT molecular complexity index is 731. The molecule has 3 heterocycles. The van der Waals surface area contributed by atoms with E-state index in [2.05, 4.69) is 25.6 Å². The molecule has 0 saturated heterocycles. The van der Waals surface area contributed by atoms with Crippen LogP contribution >= 0.6 is 0 Å². The van der Waals surface area contributed by atoms with Gasteiger partial charge in [-0.25, -0.2) is 4.99 Å². The Morgan fingerprint density at radius 1 is 1.26 bits per heavy atom. The first-order valence-corrected chi connectivity index (χ1v) is 5.60. The number of para-hydroxylation sites is 1. The lowest BCUT2D eigenvalue weighted by Gasteiger charge is -2.09. The van der Waals surface area contributed by atoms with E-state index in [9.17, 15) is 4.79 Å². The fourth-order valence-electron chi connectivity index (χ4n) is 1.79. The summed E-state index contributed by atoms with van der Waals surface area (Å²) in [5.74, 6) is 0.396. The predicted molar refractivity (Wildman–Crippen MR) is 63.6 cm³/mol. The molecule has 2 aliphatic rings. The molecule has 0 aliphatic carbocycles. The summed E-state index contributed by atoms with van der Waals surface area (Å²) in [6, 6.07) is 7.65. The van der Waals surface area contributed by atoms with Gasteiger partial charge in [-0.05, 0) is 18.2 Å². The molecule has 0 bridgehead atoms. The fourth-order valence-corrected chi connectivity index (χ4v) is 1.79. The topological polar surface area (TPSA) is 93.1 Å². The highest BCUT2D eigenvalue weighted by Crippen LogP contribution is 2.21. The number of fused-ring (bicyclic) bond motifs is 2. The highest BCUT2D eigenvalue weighted by Gasteiger charge is 2.21. The van der Waals surface area contributed by atoms with E-state index in [1.54, 1.807) is 6.08 Å². The molecule has 1 aromatic carbocycles. The second kappa shape index (κ2) is 4.81. The molecule has 2 aromatic rings. The Balaban J connectivity index is 0.000000187. The van der Waals surface area contributed by atoms with Gasteiger partial charge in [0, 0.05) is 5.22 Å². The summed E-state index contributed by atoms with van der Waals surface area (Å²) in [5.41, 5.74) is 0.783. The molecule has 0 unspecified atom stereocenters. The van der Waals surface area contributed by atoms with Crippen molar-refractivity contribution in [3.8, 4) is 0 Å². The van der Waals surface area contributed by atoms with Crippen molar-refractivity contribution in [1.29, 1.82) is 0 Å². The predicted octanol–water partition coefficient (Wildman–Crippen LogP) is -0.542. The Kier molecular flexibility index (Phi) is 2.85. The minimum absolute atomic E-state index is 0.212.